The van der Waals surface area contributed by atoms with Gasteiger partial charge in [0.05, 0.1) is 6.07 Å². The van der Waals surface area contributed by atoms with Crippen molar-refractivity contribution in [1.29, 1.82) is 5.26 Å². The van der Waals surface area contributed by atoms with E-state index in [0.717, 1.165) is 43.5 Å². The summed E-state index contributed by atoms with van der Waals surface area (Å²) in [6, 6.07) is 6.50. The predicted molar refractivity (Wildman–Crippen MR) is 62.6 cm³/mol. The lowest BCUT2D eigenvalue weighted by molar-refractivity contribution is 0.421. The first kappa shape index (κ1) is 11.1. The zero-order chi connectivity index (χ0) is 11.4. The van der Waals surface area contributed by atoms with Gasteiger partial charge in [0.25, 0.3) is 0 Å². The molecule has 3 nitrogen and oxygen atoms in total. The van der Waals surface area contributed by atoms with Crippen LogP contribution in [0.1, 0.15) is 36.9 Å². The molecule has 1 aromatic rings. The lowest BCUT2D eigenvalue weighted by atomic mass is 9.99. The topological polar surface area (TPSA) is 48.7 Å². The molecule has 0 unspecified atom stereocenters. The molecule has 1 aliphatic carbocycles. The molecule has 1 heterocycles. The van der Waals surface area contributed by atoms with Crippen molar-refractivity contribution in [3.63, 3.8) is 0 Å². The number of rotatable bonds is 3. The zero-order valence-electron chi connectivity index (χ0n) is 9.66. The number of aromatic nitrogens is 1. The molecule has 0 radical (unpaired) electrons. The highest BCUT2D eigenvalue weighted by atomic mass is 15.0. The van der Waals surface area contributed by atoms with E-state index in [9.17, 15) is 5.26 Å². The van der Waals surface area contributed by atoms with Crippen LogP contribution in [0.25, 0.3) is 0 Å². The maximum Gasteiger partial charge on any atom is 0.107 e. The minimum absolute atomic E-state index is 0.287. The van der Waals surface area contributed by atoms with Crippen LogP contribution >= 0.6 is 0 Å². The van der Waals surface area contributed by atoms with Gasteiger partial charge in [0.15, 0.2) is 0 Å². The monoisotopic (exact) mass is 215 g/mol. The molecule has 0 aliphatic heterocycles. The highest BCUT2D eigenvalue weighted by Gasteiger charge is 2.32. The van der Waals surface area contributed by atoms with Gasteiger partial charge in [-0.25, -0.2) is 0 Å². The summed E-state index contributed by atoms with van der Waals surface area (Å²) in [4.78, 5) is 4.25. The summed E-state index contributed by atoms with van der Waals surface area (Å²) in [5.74, 6) is 0. The van der Waals surface area contributed by atoms with Gasteiger partial charge in [-0.05, 0) is 31.4 Å². The normalized spacial score (nSPS) is 18.2. The van der Waals surface area contributed by atoms with Gasteiger partial charge in [0.2, 0.25) is 0 Å². The molecule has 2 rings (SSSR count). The van der Waals surface area contributed by atoms with Crippen LogP contribution in [0.4, 0.5) is 0 Å². The molecule has 0 spiro atoms. The highest BCUT2D eigenvalue weighted by molar-refractivity contribution is 5.16. The maximum atomic E-state index is 9.21. The van der Waals surface area contributed by atoms with Crippen LogP contribution in [0.15, 0.2) is 18.3 Å². The number of nitrogens with zero attached hydrogens (tertiary/aromatic N) is 2. The first-order valence-electron chi connectivity index (χ1n) is 5.82. The van der Waals surface area contributed by atoms with Gasteiger partial charge in [-0.3, -0.25) is 10.3 Å². The maximum absolute atomic E-state index is 9.21. The van der Waals surface area contributed by atoms with Crippen LogP contribution in [0.2, 0.25) is 0 Å². The number of nitrogens with one attached hydrogen (secondary N) is 1. The van der Waals surface area contributed by atoms with E-state index in [1.54, 1.807) is 0 Å². The number of nitriles is 1. The summed E-state index contributed by atoms with van der Waals surface area (Å²) in [6.45, 7) is 2.71. The Balaban J connectivity index is 1.96. The van der Waals surface area contributed by atoms with Crippen molar-refractivity contribution in [2.45, 2.75) is 44.7 Å². The summed E-state index contributed by atoms with van der Waals surface area (Å²) in [5, 5.41) is 12.6. The van der Waals surface area contributed by atoms with E-state index in [4.69, 9.17) is 0 Å². The first-order valence-corrected chi connectivity index (χ1v) is 5.82. The Morgan fingerprint density at radius 1 is 1.44 bits per heavy atom. The van der Waals surface area contributed by atoms with E-state index in [-0.39, 0.29) is 5.54 Å². The molecule has 1 aromatic heterocycles. The first-order chi connectivity index (χ1) is 7.74. The van der Waals surface area contributed by atoms with E-state index >= 15 is 0 Å². The predicted octanol–water partition coefficient (Wildman–Crippen LogP) is 2.32. The van der Waals surface area contributed by atoms with E-state index in [1.165, 1.54) is 0 Å². The average molecular weight is 215 g/mol. The smallest absolute Gasteiger partial charge is 0.107 e. The van der Waals surface area contributed by atoms with Crippen molar-refractivity contribution >= 4 is 0 Å². The van der Waals surface area contributed by atoms with Crippen LogP contribution in [-0.4, -0.2) is 10.5 Å². The van der Waals surface area contributed by atoms with Gasteiger partial charge < -0.3 is 0 Å². The second-order valence-corrected chi connectivity index (χ2v) is 4.56. The van der Waals surface area contributed by atoms with Crippen molar-refractivity contribution in [2.75, 3.05) is 0 Å². The standard InChI is InChI=1S/C13H17N3/c1-11-4-5-12(8-15-11)9-16-13(10-14)6-2-3-7-13/h4-5,8,16H,2-3,6-7,9H2,1H3. The van der Waals surface area contributed by atoms with Gasteiger partial charge in [0, 0.05) is 18.4 Å². The summed E-state index contributed by atoms with van der Waals surface area (Å²) >= 11 is 0. The second-order valence-electron chi connectivity index (χ2n) is 4.56. The van der Waals surface area contributed by atoms with Crippen LogP contribution in [0, 0.1) is 18.3 Å². The van der Waals surface area contributed by atoms with E-state index in [1.807, 2.05) is 19.2 Å². The molecule has 1 aliphatic rings. The number of hydrogen-bond acceptors (Lipinski definition) is 3. The molecule has 0 bridgehead atoms. The lowest BCUT2D eigenvalue weighted by Gasteiger charge is -2.21. The Bertz CT molecular complexity index is 383. The molecule has 16 heavy (non-hydrogen) atoms. The fourth-order valence-corrected chi connectivity index (χ4v) is 2.18. The number of pyridine rings is 1. The molecule has 1 N–H and O–H groups in total. The molecule has 0 amide bonds. The van der Waals surface area contributed by atoms with E-state index in [2.05, 4.69) is 22.4 Å². The van der Waals surface area contributed by atoms with Gasteiger partial charge >= 0.3 is 0 Å². The lowest BCUT2D eigenvalue weighted by Crippen LogP contribution is -2.40. The SMILES string of the molecule is Cc1ccc(CNC2(C#N)CCCC2)cn1. The van der Waals surface area contributed by atoms with Crippen LogP contribution in [-0.2, 0) is 6.54 Å². The third-order valence-corrected chi connectivity index (χ3v) is 3.27. The molecule has 0 atom stereocenters. The zero-order valence-corrected chi connectivity index (χ0v) is 9.66. The molecule has 1 fully saturated rings. The van der Waals surface area contributed by atoms with Gasteiger partial charge in [-0.2, -0.15) is 5.26 Å². The van der Waals surface area contributed by atoms with Crippen molar-refractivity contribution < 1.29 is 0 Å². The van der Waals surface area contributed by atoms with E-state index in [0.29, 0.717) is 0 Å². The van der Waals surface area contributed by atoms with Gasteiger partial charge in [0.1, 0.15) is 5.54 Å². The Morgan fingerprint density at radius 3 is 2.75 bits per heavy atom. The number of aryl methyl sites for hydroxylation is 1. The van der Waals surface area contributed by atoms with Gasteiger partial charge in [-0.15, -0.1) is 0 Å². The van der Waals surface area contributed by atoms with Crippen LogP contribution in [0.5, 0.6) is 0 Å². The Labute approximate surface area is 96.5 Å². The van der Waals surface area contributed by atoms with Crippen molar-refractivity contribution in [1.82, 2.24) is 10.3 Å². The Hall–Kier alpha value is -1.40. The molecule has 0 saturated heterocycles. The molecule has 84 valence electrons. The molecular formula is C13H17N3. The second kappa shape index (κ2) is 4.63. The fourth-order valence-electron chi connectivity index (χ4n) is 2.18. The quantitative estimate of drug-likeness (QED) is 0.841. The third-order valence-electron chi connectivity index (χ3n) is 3.27. The summed E-state index contributed by atoms with van der Waals surface area (Å²) in [5.41, 5.74) is 1.89. The van der Waals surface area contributed by atoms with E-state index < -0.39 is 0 Å². The van der Waals surface area contributed by atoms with Crippen LogP contribution in [0.3, 0.4) is 0 Å². The summed E-state index contributed by atoms with van der Waals surface area (Å²) in [6.07, 6.45) is 6.15. The fraction of sp³-hybridized carbons (Fsp3) is 0.538. The summed E-state index contributed by atoms with van der Waals surface area (Å²) < 4.78 is 0. The van der Waals surface area contributed by atoms with Crippen molar-refractivity contribution in [2.24, 2.45) is 0 Å². The molecule has 0 aromatic carbocycles. The van der Waals surface area contributed by atoms with Crippen molar-refractivity contribution in [3.05, 3.63) is 29.6 Å². The highest BCUT2D eigenvalue weighted by Crippen LogP contribution is 2.29. The summed E-state index contributed by atoms with van der Waals surface area (Å²) in [7, 11) is 0. The minimum atomic E-state index is -0.287. The molecule has 1 saturated carbocycles. The average Bonchev–Trinajstić information content (AvgIpc) is 2.78. The Kier molecular flexibility index (Phi) is 3.21. The van der Waals surface area contributed by atoms with Gasteiger partial charge in [-0.1, -0.05) is 18.9 Å². The number of hydrogen-bond donors (Lipinski definition) is 1. The molecular weight excluding hydrogens is 198 g/mol. The Morgan fingerprint density at radius 2 is 2.19 bits per heavy atom. The van der Waals surface area contributed by atoms with Crippen molar-refractivity contribution in [3.8, 4) is 6.07 Å². The molecule has 3 heteroatoms. The minimum Gasteiger partial charge on any atom is -0.295 e. The third kappa shape index (κ3) is 2.40. The largest absolute Gasteiger partial charge is 0.295 e. The van der Waals surface area contributed by atoms with Crippen LogP contribution < -0.4 is 5.32 Å².